The highest BCUT2D eigenvalue weighted by Gasteiger charge is 2.02. The number of aryl methyl sites for hydroxylation is 2. The molecule has 0 atom stereocenters. The third-order valence-corrected chi connectivity index (χ3v) is 2.49. The van der Waals surface area contributed by atoms with Crippen LogP contribution in [0, 0.1) is 13.8 Å². The molecule has 0 aliphatic heterocycles. The predicted octanol–water partition coefficient (Wildman–Crippen LogP) is 2.24. The highest BCUT2D eigenvalue weighted by molar-refractivity contribution is 5.85. The van der Waals surface area contributed by atoms with E-state index in [0.29, 0.717) is 12.5 Å². The van der Waals surface area contributed by atoms with E-state index < -0.39 is 0 Å². The first-order chi connectivity index (χ1) is 7.65. The molecule has 0 amide bonds. The third-order valence-electron chi connectivity index (χ3n) is 2.49. The Morgan fingerprint density at radius 1 is 1.18 bits per heavy atom. The first-order valence-electron chi connectivity index (χ1n) is 5.83. The minimum atomic E-state index is 0. The molecule has 0 saturated heterocycles. The monoisotopic (exact) mass is 259 g/mol. The fourth-order valence-electron chi connectivity index (χ4n) is 1.58. The molecule has 0 unspecified atom stereocenters. The van der Waals surface area contributed by atoms with Crippen molar-refractivity contribution >= 4 is 12.4 Å². The van der Waals surface area contributed by atoms with E-state index in [2.05, 4.69) is 28.7 Å². The van der Waals surface area contributed by atoms with Crippen molar-refractivity contribution in [3.63, 3.8) is 0 Å². The van der Waals surface area contributed by atoms with E-state index in [1.807, 2.05) is 19.9 Å². The van der Waals surface area contributed by atoms with Crippen molar-refractivity contribution in [1.82, 2.24) is 14.9 Å². The van der Waals surface area contributed by atoms with Crippen molar-refractivity contribution in [3.05, 3.63) is 17.6 Å². The Labute approximate surface area is 110 Å². The van der Waals surface area contributed by atoms with Gasteiger partial charge in [-0.3, -0.25) is 0 Å². The Hall–Kier alpha value is -0.870. The van der Waals surface area contributed by atoms with Crippen molar-refractivity contribution < 1.29 is 4.74 Å². The summed E-state index contributed by atoms with van der Waals surface area (Å²) in [6.07, 6.45) is 0. The molecule has 1 aromatic heterocycles. The van der Waals surface area contributed by atoms with Crippen molar-refractivity contribution in [2.75, 3.05) is 26.2 Å². The van der Waals surface area contributed by atoms with Crippen LogP contribution in [0.3, 0.4) is 0 Å². The summed E-state index contributed by atoms with van der Waals surface area (Å²) in [5.74, 6) is 1.44. The average Bonchev–Trinajstić information content (AvgIpc) is 2.23. The van der Waals surface area contributed by atoms with Crippen LogP contribution in [0.4, 0.5) is 0 Å². The summed E-state index contributed by atoms with van der Waals surface area (Å²) in [6.45, 7) is 11.9. The van der Waals surface area contributed by atoms with Crippen molar-refractivity contribution in [3.8, 4) is 5.88 Å². The van der Waals surface area contributed by atoms with E-state index in [-0.39, 0.29) is 12.4 Å². The molecule has 0 aliphatic rings. The fraction of sp³-hybridized carbons (Fsp3) is 0.667. The molecule has 4 nitrogen and oxygen atoms in total. The first-order valence-corrected chi connectivity index (χ1v) is 5.83. The number of likely N-dealkylation sites (N-methyl/N-ethyl adjacent to an activating group) is 1. The second-order valence-corrected chi connectivity index (χ2v) is 3.77. The van der Waals surface area contributed by atoms with Crippen LogP contribution in [-0.2, 0) is 0 Å². The van der Waals surface area contributed by atoms with Gasteiger partial charge >= 0.3 is 0 Å². The summed E-state index contributed by atoms with van der Waals surface area (Å²) in [5, 5.41) is 0. The smallest absolute Gasteiger partial charge is 0.216 e. The zero-order chi connectivity index (χ0) is 12.0. The lowest BCUT2D eigenvalue weighted by Crippen LogP contribution is -2.28. The van der Waals surface area contributed by atoms with Gasteiger partial charge in [-0.25, -0.2) is 4.98 Å². The second-order valence-electron chi connectivity index (χ2n) is 3.77. The molecule has 5 heteroatoms. The Kier molecular flexibility index (Phi) is 7.83. The summed E-state index contributed by atoms with van der Waals surface area (Å²) >= 11 is 0. The van der Waals surface area contributed by atoms with Crippen molar-refractivity contribution in [2.45, 2.75) is 27.7 Å². The van der Waals surface area contributed by atoms with Gasteiger partial charge in [-0.2, -0.15) is 4.98 Å². The Bertz CT molecular complexity index is 309. The molecule has 1 rings (SSSR count). The van der Waals surface area contributed by atoms with E-state index in [1.54, 1.807) is 0 Å². The number of nitrogens with zero attached hydrogens (tertiary/aromatic N) is 3. The van der Waals surface area contributed by atoms with Crippen LogP contribution < -0.4 is 4.74 Å². The molecule has 0 spiro atoms. The normalized spacial score (nSPS) is 10.2. The summed E-state index contributed by atoms with van der Waals surface area (Å²) in [6, 6.07) is 1.87. The van der Waals surface area contributed by atoms with Crippen LogP contribution in [0.5, 0.6) is 5.88 Å². The molecular formula is C12H22ClN3O. The van der Waals surface area contributed by atoms with Crippen LogP contribution in [0.2, 0.25) is 0 Å². The third kappa shape index (κ3) is 5.84. The molecule has 0 radical (unpaired) electrons. The van der Waals surface area contributed by atoms with Crippen LogP contribution in [0.1, 0.15) is 25.4 Å². The predicted molar refractivity (Wildman–Crippen MR) is 72.0 cm³/mol. The number of rotatable bonds is 6. The Morgan fingerprint density at radius 2 is 1.82 bits per heavy atom. The summed E-state index contributed by atoms with van der Waals surface area (Å²) in [5.41, 5.74) is 0.949. The largest absolute Gasteiger partial charge is 0.476 e. The molecular weight excluding hydrogens is 238 g/mol. The zero-order valence-corrected chi connectivity index (χ0v) is 11.9. The topological polar surface area (TPSA) is 38.2 Å². The molecule has 0 bridgehead atoms. The maximum absolute atomic E-state index is 5.61. The van der Waals surface area contributed by atoms with Gasteiger partial charge in [0.15, 0.2) is 0 Å². The highest BCUT2D eigenvalue weighted by atomic mass is 35.5. The summed E-state index contributed by atoms with van der Waals surface area (Å²) < 4.78 is 5.61. The van der Waals surface area contributed by atoms with Gasteiger partial charge in [0.05, 0.1) is 0 Å². The molecule has 1 heterocycles. The van der Waals surface area contributed by atoms with Gasteiger partial charge in [-0.15, -0.1) is 12.4 Å². The van der Waals surface area contributed by atoms with Crippen molar-refractivity contribution in [1.29, 1.82) is 0 Å². The highest BCUT2D eigenvalue weighted by Crippen LogP contribution is 2.08. The number of halogens is 1. The lowest BCUT2D eigenvalue weighted by molar-refractivity contribution is 0.217. The number of aromatic nitrogens is 2. The quantitative estimate of drug-likeness (QED) is 0.785. The van der Waals surface area contributed by atoms with Gasteiger partial charge in [0, 0.05) is 18.3 Å². The minimum absolute atomic E-state index is 0. The van der Waals surface area contributed by atoms with E-state index in [4.69, 9.17) is 4.74 Å². The van der Waals surface area contributed by atoms with Gasteiger partial charge < -0.3 is 9.64 Å². The summed E-state index contributed by atoms with van der Waals surface area (Å²) in [7, 11) is 0. The number of ether oxygens (including phenoxy) is 1. The van der Waals surface area contributed by atoms with Crippen LogP contribution >= 0.6 is 12.4 Å². The molecule has 0 N–H and O–H groups in total. The Morgan fingerprint density at radius 3 is 2.35 bits per heavy atom. The van der Waals surface area contributed by atoms with E-state index >= 15 is 0 Å². The zero-order valence-electron chi connectivity index (χ0n) is 11.1. The molecule has 0 fully saturated rings. The van der Waals surface area contributed by atoms with Crippen LogP contribution in [0.15, 0.2) is 6.07 Å². The standard InChI is InChI=1S/C12H21N3O.ClH/c1-5-15(6-2)7-8-16-12-9-10(3)13-11(4)14-12;/h9H,5-8H2,1-4H3;1H. The van der Waals surface area contributed by atoms with E-state index in [1.165, 1.54) is 0 Å². The van der Waals surface area contributed by atoms with Gasteiger partial charge in [0.2, 0.25) is 5.88 Å². The number of hydrogen-bond donors (Lipinski definition) is 0. The molecule has 0 aliphatic carbocycles. The van der Waals surface area contributed by atoms with Crippen molar-refractivity contribution in [2.24, 2.45) is 0 Å². The van der Waals surface area contributed by atoms with Gasteiger partial charge in [0.25, 0.3) is 0 Å². The average molecular weight is 260 g/mol. The van der Waals surface area contributed by atoms with Crippen LogP contribution in [0.25, 0.3) is 0 Å². The van der Waals surface area contributed by atoms with E-state index in [9.17, 15) is 0 Å². The van der Waals surface area contributed by atoms with Gasteiger partial charge in [-0.05, 0) is 26.9 Å². The molecule has 98 valence electrons. The number of hydrogen-bond acceptors (Lipinski definition) is 4. The molecule has 0 saturated carbocycles. The maximum Gasteiger partial charge on any atom is 0.216 e. The SMILES string of the molecule is CCN(CC)CCOc1cc(C)nc(C)n1.Cl. The maximum atomic E-state index is 5.61. The minimum Gasteiger partial charge on any atom is -0.476 e. The first kappa shape index (κ1) is 16.1. The fourth-order valence-corrected chi connectivity index (χ4v) is 1.58. The lowest BCUT2D eigenvalue weighted by Gasteiger charge is -2.17. The van der Waals surface area contributed by atoms with Gasteiger partial charge in [0.1, 0.15) is 12.4 Å². The van der Waals surface area contributed by atoms with Gasteiger partial charge in [-0.1, -0.05) is 13.8 Å². The lowest BCUT2D eigenvalue weighted by atomic mass is 10.4. The molecule has 0 aromatic carbocycles. The summed E-state index contributed by atoms with van der Waals surface area (Å²) in [4.78, 5) is 10.8. The second kappa shape index (κ2) is 8.25. The molecule has 17 heavy (non-hydrogen) atoms. The van der Waals surface area contributed by atoms with E-state index in [0.717, 1.165) is 31.2 Å². The molecule has 1 aromatic rings. The Balaban J connectivity index is 0.00000256. The van der Waals surface area contributed by atoms with Crippen LogP contribution in [-0.4, -0.2) is 41.1 Å².